The van der Waals surface area contributed by atoms with Crippen LogP contribution in [0.3, 0.4) is 0 Å². The van der Waals surface area contributed by atoms with Gasteiger partial charge >= 0.3 is 5.97 Å². The summed E-state index contributed by atoms with van der Waals surface area (Å²) in [5.41, 5.74) is 1.04. The Bertz CT molecular complexity index is 583. The number of hydrogen-bond donors (Lipinski definition) is 2. The maximum Gasteiger partial charge on any atom is 0.335 e. The Balaban J connectivity index is 2.50. The van der Waals surface area contributed by atoms with Crippen molar-refractivity contribution in [2.75, 3.05) is 0 Å². The number of carbonyl (C=O) groups is 1. The number of aryl methyl sites for hydroxylation is 1. The molecule has 0 unspecified atom stereocenters. The first-order chi connectivity index (χ1) is 7.59. The summed E-state index contributed by atoms with van der Waals surface area (Å²) in [5.74, 6) is -0.216. The van der Waals surface area contributed by atoms with Crippen molar-refractivity contribution >= 4 is 18.2 Å². The molecular weight excluding hydrogens is 226 g/mol. The maximum atomic E-state index is 10.7. The van der Waals surface area contributed by atoms with E-state index in [2.05, 4.69) is 10.2 Å². The maximum absolute atomic E-state index is 10.7. The van der Waals surface area contributed by atoms with Gasteiger partial charge in [-0.05, 0) is 43.4 Å². The Hall–Kier alpha value is -1.95. The van der Waals surface area contributed by atoms with Crippen LogP contribution in [0.2, 0.25) is 0 Å². The third-order valence-corrected chi connectivity index (χ3v) is 2.49. The lowest BCUT2D eigenvalue weighted by molar-refractivity contribution is 0.0697. The summed E-state index contributed by atoms with van der Waals surface area (Å²) < 4.78 is 2.22. The van der Waals surface area contributed by atoms with Gasteiger partial charge in [-0.1, -0.05) is 0 Å². The molecule has 2 aromatic rings. The van der Waals surface area contributed by atoms with Crippen LogP contribution in [0.1, 0.15) is 16.2 Å². The fraction of sp³-hybridized carbons (Fsp3) is 0.100. The second kappa shape index (κ2) is 3.90. The molecule has 2 rings (SSSR count). The molecule has 0 saturated heterocycles. The summed E-state index contributed by atoms with van der Waals surface area (Å²) in [5, 5.41) is 15.4. The molecule has 0 aliphatic heterocycles. The van der Waals surface area contributed by atoms with Crippen LogP contribution in [-0.2, 0) is 0 Å². The lowest BCUT2D eigenvalue weighted by Crippen LogP contribution is -1.99. The van der Waals surface area contributed by atoms with Crippen molar-refractivity contribution in [1.29, 1.82) is 0 Å². The smallest absolute Gasteiger partial charge is 0.335 e. The summed E-state index contributed by atoms with van der Waals surface area (Å²) in [6.45, 7) is 1.82. The van der Waals surface area contributed by atoms with Crippen molar-refractivity contribution in [3.63, 3.8) is 0 Å². The zero-order valence-electron chi connectivity index (χ0n) is 8.47. The summed E-state index contributed by atoms with van der Waals surface area (Å²) >= 11 is 5.07. The number of nitrogens with one attached hydrogen (secondary N) is 1. The monoisotopic (exact) mass is 235 g/mol. The van der Waals surface area contributed by atoms with Gasteiger partial charge in [-0.3, -0.25) is 9.67 Å². The van der Waals surface area contributed by atoms with E-state index < -0.39 is 5.97 Å². The van der Waals surface area contributed by atoms with Crippen molar-refractivity contribution in [2.45, 2.75) is 6.92 Å². The number of aromatic carboxylic acids is 1. The predicted octanol–water partition coefficient (Wildman–Crippen LogP) is 1.94. The van der Waals surface area contributed by atoms with Gasteiger partial charge in [0.1, 0.15) is 5.82 Å². The van der Waals surface area contributed by atoms with Gasteiger partial charge in [0.25, 0.3) is 0 Å². The average Bonchev–Trinajstić information content (AvgIpc) is 2.59. The van der Waals surface area contributed by atoms with Crippen LogP contribution in [0.4, 0.5) is 0 Å². The van der Waals surface area contributed by atoms with Gasteiger partial charge in [-0.15, -0.1) is 0 Å². The third-order valence-electron chi connectivity index (χ3n) is 2.21. The Labute approximate surface area is 96.4 Å². The van der Waals surface area contributed by atoms with Crippen LogP contribution in [0.5, 0.6) is 0 Å². The van der Waals surface area contributed by atoms with E-state index in [1.807, 2.05) is 6.92 Å². The molecule has 16 heavy (non-hydrogen) atoms. The highest BCUT2D eigenvalue weighted by Gasteiger charge is 2.06. The molecule has 2 N–H and O–H groups in total. The molecule has 0 bridgehead atoms. The minimum absolute atomic E-state index is 0.247. The van der Waals surface area contributed by atoms with Gasteiger partial charge in [-0.25, -0.2) is 4.79 Å². The number of hydrogen-bond acceptors (Lipinski definition) is 3. The fourth-order valence-corrected chi connectivity index (χ4v) is 1.72. The van der Waals surface area contributed by atoms with Crippen molar-refractivity contribution in [1.82, 2.24) is 14.8 Å². The quantitative estimate of drug-likeness (QED) is 0.780. The Morgan fingerprint density at radius 1 is 1.44 bits per heavy atom. The van der Waals surface area contributed by atoms with Crippen LogP contribution >= 0.6 is 12.2 Å². The summed E-state index contributed by atoms with van der Waals surface area (Å²) in [6, 6.07) is 6.46. The highest BCUT2D eigenvalue weighted by molar-refractivity contribution is 7.71. The number of carboxylic acid groups (broad SMARTS) is 1. The number of benzene rings is 1. The fourth-order valence-electron chi connectivity index (χ4n) is 1.43. The zero-order chi connectivity index (χ0) is 11.7. The second-order valence-electron chi connectivity index (χ2n) is 3.26. The van der Waals surface area contributed by atoms with Gasteiger partial charge in [0.2, 0.25) is 0 Å². The normalized spacial score (nSPS) is 10.3. The molecule has 1 aromatic carbocycles. The molecule has 5 nitrogen and oxygen atoms in total. The molecule has 0 aliphatic carbocycles. The van der Waals surface area contributed by atoms with Crippen LogP contribution in [0.25, 0.3) is 5.69 Å². The summed E-state index contributed by atoms with van der Waals surface area (Å²) in [7, 11) is 0. The van der Waals surface area contributed by atoms with E-state index >= 15 is 0 Å². The van der Waals surface area contributed by atoms with E-state index in [9.17, 15) is 4.79 Å². The lowest BCUT2D eigenvalue weighted by Gasteiger charge is -2.03. The first-order valence-corrected chi connectivity index (χ1v) is 4.98. The van der Waals surface area contributed by atoms with E-state index in [0.717, 1.165) is 11.5 Å². The minimum atomic E-state index is -0.945. The van der Waals surface area contributed by atoms with Gasteiger partial charge in [0.15, 0.2) is 4.77 Å². The number of nitrogens with zero attached hydrogens (tertiary/aromatic N) is 2. The molecule has 0 spiro atoms. The van der Waals surface area contributed by atoms with E-state index in [-0.39, 0.29) is 5.56 Å². The SMILES string of the molecule is Cc1n[nH]c(=S)n1-c1ccc(C(=O)O)cc1. The van der Waals surface area contributed by atoms with Crippen LogP contribution in [0, 0.1) is 11.7 Å². The lowest BCUT2D eigenvalue weighted by atomic mass is 10.2. The van der Waals surface area contributed by atoms with Crippen LogP contribution in [0.15, 0.2) is 24.3 Å². The molecule has 6 heteroatoms. The van der Waals surface area contributed by atoms with Crippen LogP contribution in [-0.4, -0.2) is 25.8 Å². The molecule has 0 amide bonds. The number of carboxylic acids is 1. The Morgan fingerprint density at radius 3 is 2.50 bits per heavy atom. The van der Waals surface area contributed by atoms with Gasteiger partial charge in [0.05, 0.1) is 5.56 Å². The van der Waals surface area contributed by atoms with Crippen molar-refractivity contribution in [2.24, 2.45) is 0 Å². The van der Waals surface area contributed by atoms with E-state index in [1.54, 1.807) is 16.7 Å². The molecule has 1 aromatic heterocycles. The van der Waals surface area contributed by atoms with Gasteiger partial charge in [-0.2, -0.15) is 5.10 Å². The molecule has 0 radical (unpaired) electrons. The molecule has 0 saturated carbocycles. The number of aromatic amines is 1. The van der Waals surface area contributed by atoms with E-state index in [1.165, 1.54) is 12.1 Å². The first kappa shape index (κ1) is 10.6. The average molecular weight is 235 g/mol. The molecule has 0 fully saturated rings. The third kappa shape index (κ3) is 1.74. The molecular formula is C10H9N3O2S. The van der Waals surface area contributed by atoms with Gasteiger partial charge in [0, 0.05) is 5.69 Å². The van der Waals surface area contributed by atoms with Crippen LogP contribution < -0.4 is 0 Å². The minimum Gasteiger partial charge on any atom is -0.478 e. The number of rotatable bonds is 2. The zero-order valence-corrected chi connectivity index (χ0v) is 9.28. The van der Waals surface area contributed by atoms with Gasteiger partial charge < -0.3 is 5.11 Å². The molecule has 0 aliphatic rings. The van der Waals surface area contributed by atoms with Crippen molar-refractivity contribution in [3.05, 3.63) is 40.4 Å². The predicted molar refractivity (Wildman–Crippen MR) is 60.4 cm³/mol. The summed E-state index contributed by atoms with van der Waals surface area (Å²) in [4.78, 5) is 10.7. The first-order valence-electron chi connectivity index (χ1n) is 4.57. The van der Waals surface area contributed by atoms with E-state index in [0.29, 0.717) is 4.77 Å². The largest absolute Gasteiger partial charge is 0.478 e. The highest BCUT2D eigenvalue weighted by atomic mass is 32.1. The standard InChI is InChI=1S/C10H9N3O2S/c1-6-11-12-10(16)13(6)8-4-2-7(3-5-8)9(14)15/h2-5H,1H3,(H,12,16)(H,14,15). The summed E-state index contributed by atoms with van der Waals surface area (Å²) in [6.07, 6.45) is 0. The molecule has 1 heterocycles. The Kier molecular flexibility index (Phi) is 2.57. The van der Waals surface area contributed by atoms with E-state index in [4.69, 9.17) is 17.3 Å². The highest BCUT2D eigenvalue weighted by Crippen LogP contribution is 2.11. The second-order valence-corrected chi connectivity index (χ2v) is 3.65. The van der Waals surface area contributed by atoms with Crippen molar-refractivity contribution < 1.29 is 9.90 Å². The van der Waals surface area contributed by atoms with Crippen molar-refractivity contribution in [3.8, 4) is 5.69 Å². The molecule has 0 atom stereocenters. The molecule has 82 valence electrons. The number of H-pyrrole nitrogens is 1. The number of aromatic nitrogens is 3. The topological polar surface area (TPSA) is 70.9 Å². The Morgan fingerprint density at radius 2 is 2.06 bits per heavy atom.